The van der Waals surface area contributed by atoms with Crippen LogP contribution in [0.2, 0.25) is 5.02 Å². The van der Waals surface area contributed by atoms with Gasteiger partial charge in [-0.2, -0.15) is 5.10 Å². The Labute approximate surface area is 170 Å². The minimum absolute atomic E-state index is 0.0409. The third-order valence-corrected chi connectivity index (χ3v) is 5.72. The van der Waals surface area contributed by atoms with Crippen molar-refractivity contribution in [3.63, 3.8) is 0 Å². The zero-order valence-electron chi connectivity index (χ0n) is 14.5. The number of halogens is 2. The van der Waals surface area contributed by atoms with E-state index in [1.54, 1.807) is 24.5 Å². The van der Waals surface area contributed by atoms with Gasteiger partial charge in [0.25, 0.3) is 0 Å². The van der Waals surface area contributed by atoms with Gasteiger partial charge in [-0.15, -0.1) is 0 Å². The molecular formula is C19H18BrClN5O. The molecule has 1 amide bonds. The fourth-order valence-corrected chi connectivity index (χ4v) is 4.08. The number of nitrogens with one attached hydrogen (secondary N) is 1. The molecule has 2 aromatic heterocycles. The van der Waals surface area contributed by atoms with Gasteiger partial charge < -0.3 is 9.80 Å². The molecule has 3 aromatic rings. The van der Waals surface area contributed by atoms with Crippen molar-refractivity contribution in [1.82, 2.24) is 20.1 Å². The van der Waals surface area contributed by atoms with E-state index in [1.165, 1.54) is 0 Å². The molecule has 1 aliphatic heterocycles. The molecule has 1 radical (unpaired) electrons. The van der Waals surface area contributed by atoms with Crippen molar-refractivity contribution in [2.45, 2.75) is 5.92 Å². The van der Waals surface area contributed by atoms with Gasteiger partial charge in [-0.25, -0.2) is 4.98 Å². The summed E-state index contributed by atoms with van der Waals surface area (Å²) in [5, 5.41) is 8.61. The van der Waals surface area contributed by atoms with Gasteiger partial charge in [0.2, 0.25) is 5.91 Å². The van der Waals surface area contributed by atoms with Crippen LogP contribution in [0.15, 0.2) is 41.1 Å². The maximum absolute atomic E-state index is 12.8. The van der Waals surface area contributed by atoms with E-state index >= 15 is 0 Å². The highest BCUT2D eigenvalue weighted by atomic mass is 79.9. The van der Waals surface area contributed by atoms with Gasteiger partial charge in [-0.3, -0.25) is 9.89 Å². The molecule has 0 saturated carbocycles. The molecule has 1 fully saturated rings. The number of pyridine rings is 1. The average molecular weight is 448 g/mol. The summed E-state index contributed by atoms with van der Waals surface area (Å²) < 4.78 is 0.923. The summed E-state index contributed by atoms with van der Waals surface area (Å²) in [5.74, 6) is -0.388. The summed E-state index contributed by atoms with van der Waals surface area (Å²) in [5.41, 5.74) is 2.70. The molecule has 1 aliphatic rings. The van der Waals surface area contributed by atoms with Crippen LogP contribution < -0.4 is 4.90 Å². The van der Waals surface area contributed by atoms with Crippen molar-refractivity contribution < 1.29 is 4.79 Å². The minimum Gasteiger partial charge on any atom is -0.366 e. The summed E-state index contributed by atoms with van der Waals surface area (Å²) >= 11 is 9.52. The van der Waals surface area contributed by atoms with E-state index in [2.05, 4.69) is 42.9 Å². The zero-order valence-corrected chi connectivity index (χ0v) is 16.9. The molecule has 0 bridgehead atoms. The quantitative estimate of drug-likeness (QED) is 0.666. The third-order valence-electron chi connectivity index (χ3n) is 4.89. The van der Waals surface area contributed by atoms with Crippen LogP contribution >= 0.6 is 27.5 Å². The van der Waals surface area contributed by atoms with Crippen molar-refractivity contribution in [2.24, 2.45) is 0 Å². The van der Waals surface area contributed by atoms with Gasteiger partial charge in [-0.05, 0) is 40.5 Å². The average Bonchev–Trinajstić information content (AvgIpc) is 3.16. The number of carbonyl (C=O) groups is 1. The number of aromatic nitrogens is 3. The fraction of sp³-hybridized carbons (Fsp3) is 0.263. The van der Waals surface area contributed by atoms with Gasteiger partial charge in [0.15, 0.2) is 5.65 Å². The molecule has 4 rings (SSSR count). The SMILES string of the molecule is [CH2][C@H](C(=O)N1CCN(c2c(Br)cnc3[nH]ncc23)CC1)c1ccc(Cl)cc1. The van der Waals surface area contributed by atoms with E-state index < -0.39 is 5.92 Å². The van der Waals surface area contributed by atoms with Gasteiger partial charge in [0.1, 0.15) is 0 Å². The first-order valence-corrected chi connectivity index (χ1v) is 9.81. The number of hydrogen-bond donors (Lipinski definition) is 1. The highest BCUT2D eigenvalue weighted by molar-refractivity contribution is 9.10. The number of rotatable bonds is 3. The van der Waals surface area contributed by atoms with Crippen molar-refractivity contribution in [1.29, 1.82) is 0 Å². The molecule has 0 aliphatic carbocycles. The Kier molecular flexibility index (Phi) is 5.06. The van der Waals surface area contributed by atoms with Crippen LogP contribution in [-0.4, -0.2) is 52.2 Å². The lowest BCUT2D eigenvalue weighted by Crippen LogP contribution is -2.50. The van der Waals surface area contributed by atoms with Crippen molar-refractivity contribution >= 4 is 50.2 Å². The Morgan fingerprint density at radius 2 is 1.89 bits per heavy atom. The number of fused-ring (bicyclic) bond motifs is 1. The number of hydrogen-bond acceptors (Lipinski definition) is 4. The predicted molar refractivity (Wildman–Crippen MR) is 110 cm³/mol. The summed E-state index contributed by atoms with van der Waals surface area (Å²) in [6.45, 7) is 6.83. The lowest BCUT2D eigenvalue weighted by Gasteiger charge is -2.37. The first-order valence-electron chi connectivity index (χ1n) is 8.64. The molecule has 1 atom stereocenters. The van der Waals surface area contributed by atoms with Crippen LogP contribution in [0.1, 0.15) is 11.5 Å². The molecule has 6 nitrogen and oxygen atoms in total. The van der Waals surface area contributed by atoms with E-state index in [9.17, 15) is 4.79 Å². The molecule has 1 saturated heterocycles. The van der Waals surface area contributed by atoms with Crippen LogP contribution in [-0.2, 0) is 4.79 Å². The molecule has 3 heterocycles. The largest absolute Gasteiger partial charge is 0.366 e. The Morgan fingerprint density at radius 3 is 2.59 bits per heavy atom. The third kappa shape index (κ3) is 3.53. The maximum atomic E-state index is 12.8. The second-order valence-electron chi connectivity index (χ2n) is 6.50. The first kappa shape index (κ1) is 18.3. The van der Waals surface area contributed by atoms with Crippen LogP contribution in [0.3, 0.4) is 0 Å². The van der Waals surface area contributed by atoms with Crippen molar-refractivity contribution in [2.75, 3.05) is 31.1 Å². The molecular weight excluding hydrogens is 430 g/mol. The summed E-state index contributed by atoms with van der Waals surface area (Å²) in [7, 11) is 0. The van der Waals surface area contributed by atoms with Gasteiger partial charge in [0.05, 0.1) is 27.7 Å². The van der Waals surface area contributed by atoms with E-state index in [-0.39, 0.29) is 5.91 Å². The molecule has 27 heavy (non-hydrogen) atoms. The monoisotopic (exact) mass is 446 g/mol. The van der Waals surface area contributed by atoms with Gasteiger partial charge >= 0.3 is 0 Å². The number of H-pyrrole nitrogens is 1. The predicted octanol–water partition coefficient (Wildman–Crippen LogP) is 3.64. The Morgan fingerprint density at radius 1 is 1.19 bits per heavy atom. The highest BCUT2D eigenvalue weighted by Crippen LogP contribution is 2.33. The summed E-state index contributed by atoms with van der Waals surface area (Å²) in [4.78, 5) is 21.3. The number of amides is 1. The topological polar surface area (TPSA) is 65.1 Å². The van der Waals surface area contributed by atoms with Crippen LogP contribution in [0.25, 0.3) is 11.0 Å². The van der Waals surface area contributed by atoms with E-state index in [0.29, 0.717) is 18.1 Å². The van der Waals surface area contributed by atoms with E-state index in [1.807, 2.05) is 17.0 Å². The van der Waals surface area contributed by atoms with Crippen LogP contribution in [0, 0.1) is 6.92 Å². The molecule has 1 N–H and O–H groups in total. The van der Waals surface area contributed by atoms with E-state index in [0.717, 1.165) is 39.8 Å². The van der Waals surface area contributed by atoms with Crippen molar-refractivity contribution in [3.8, 4) is 0 Å². The minimum atomic E-state index is -0.429. The number of aromatic amines is 1. The van der Waals surface area contributed by atoms with Crippen molar-refractivity contribution in [3.05, 3.63) is 58.6 Å². The normalized spacial score (nSPS) is 16.0. The van der Waals surface area contributed by atoms with Gasteiger partial charge in [-0.1, -0.05) is 23.7 Å². The standard InChI is InChI=1S/C19H18BrClN5O/c1-12(13-2-4-14(21)5-3-13)19(27)26-8-6-25(7-9-26)17-15-10-23-24-18(15)22-11-16(17)20/h2-5,10-12H,1,6-9H2,(H,22,23,24)/t12-/m0/s1. The molecule has 139 valence electrons. The Balaban J connectivity index is 1.47. The number of benzene rings is 1. The molecule has 0 spiro atoms. The Hall–Kier alpha value is -2.12. The fourth-order valence-electron chi connectivity index (χ4n) is 3.39. The number of piperazine rings is 1. The second-order valence-corrected chi connectivity index (χ2v) is 7.79. The Bertz CT molecular complexity index is 966. The first-order chi connectivity index (χ1) is 13.0. The van der Waals surface area contributed by atoms with Crippen LogP contribution in [0.4, 0.5) is 5.69 Å². The van der Waals surface area contributed by atoms with E-state index in [4.69, 9.17) is 11.6 Å². The summed E-state index contributed by atoms with van der Waals surface area (Å²) in [6, 6.07) is 7.30. The highest BCUT2D eigenvalue weighted by Gasteiger charge is 2.27. The number of nitrogens with zero attached hydrogens (tertiary/aromatic N) is 4. The number of carbonyl (C=O) groups excluding carboxylic acids is 1. The lowest BCUT2D eigenvalue weighted by atomic mass is 9.99. The maximum Gasteiger partial charge on any atom is 0.230 e. The molecule has 1 aromatic carbocycles. The summed E-state index contributed by atoms with van der Waals surface area (Å²) in [6.07, 6.45) is 3.56. The molecule has 8 heteroatoms. The molecule has 0 unspecified atom stereocenters. The smallest absolute Gasteiger partial charge is 0.230 e. The van der Waals surface area contributed by atoms with Crippen LogP contribution in [0.5, 0.6) is 0 Å². The lowest BCUT2D eigenvalue weighted by molar-refractivity contribution is -0.132. The zero-order chi connectivity index (χ0) is 19.0. The van der Waals surface area contributed by atoms with Gasteiger partial charge in [0, 0.05) is 37.4 Å². The second kappa shape index (κ2) is 7.48. The number of anilines is 1.